The van der Waals surface area contributed by atoms with Crippen LogP contribution in [0.5, 0.6) is 5.75 Å². The van der Waals surface area contributed by atoms with E-state index in [-0.39, 0.29) is 66.4 Å². The molecule has 0 bridgehead atoms. The van der Waals surface area contributed by atoms with E-state index in [1.807, 2.05) is 33.8 Å². The molecule has 3 unspecified atom stereocenters. The molecule has 6 heteroatoms. The van der Waals surface area contributed by atoms with Gasteiger partial charge in [-0.05, 0) is 61.0 Å². The van der Waals surface area contributed by atoms with Crippen molar-refractivity contribution in [2.75, 3.05) is 13.2 Å². The van der Waals surface area contributed by atoms with Gasteiger partial charge in [-0.1, -0.05) is 33.8 Å². The average Bonchev–Trinajstić information content (AvgIpc) is 2.67. The minimum Gasteiger partial charge on any atom is -0.507 e. The standard InChI is InChI=1S/C26H38O6/c1-6-17-13-21(26(3,4)5)25(32)24-19(17)11-16(12-23(24)31)10-18(7-8-27)20(14-28)22(30)9-15(2)29/h13,16,18,20,27-28,32H,6-12,14H2,1-5H3. The number of aliphatic hydroxyl groups excluding tert-OH is 2. The molecule has 2 rings (SSSR count). The van der Waals surface area contributed by atoms with Crippen molar-refractivity contribution >= 4 is 17.3 Å². The van der Waals surface area contributed by atoms with Crippen molar-refractivity contribution < 1.29 is 29.7 Å². The van der Waals surface area contributed by atoms with E-state index >= 15 is 0 Å². The summed E-state index contributed by atoms with van der Waals surface area (Å²) in [6.45, 7) is 8.88. The first-order valence-electron chi connectivity index (χ1n) is 11.6. The minimum absolute atomic E-state index is 0.0593. The summed E-state index contributed by atoms with van der Waals surface area (Å²) >= 11 is 0. The molecule has 0 aliphatic heterocycles. The lowest BCUT2D eigenvalue weighted by molar-refractivity contribution is -0.131. The summed E-state index contributed by atoms with van der Waals surface area (Å²) in [5.74, 6) is -1.71. The zero-order valence-corrected chi connectivity index (χ0v) is 20.0. The Morgan fingerprint density at radius 2 is 1.84 bits per heavy atom. The van der Waals surface area contributed by atoms with Crippen molar-refractivity contribution in [3.8, 4) is 5.75 Å². The molecule has 3 atom stereocenters. The van der Waals surface area contributed by atoms with Crippen molar-refractivity contribution in [2.45, 2.75) is 78.6 Å². The van der Waals surface area contributed by atoms with Crippen LogP contribution >= 0.6 is 0 Å². The number of hydrogen-bond donors (Lipinski definition) is 3. The lowest BCUT2D eigenvalue weighted by atomic mass is 9.71. The van der Waals surface area contributed by atoms with Gasteiger partial charge in [-0.15, -0.1) is 0 Å². The number of carbonyl (C=O) groups excluding carboxylic acids is 3. The second-order valence-electron chi connectivity index (χ2n) is 10.2. The van der Waals surface area contributed by atoms with Gasteiger partial charge in [-0.3, -0.25) is 14.4 Å². The predicted octanol–water partition coefficient (Wildman–Crippen LogP) is 3.54. The maximum atomic E-state index is 13.2. The van der Waals surface area contributed by atoms with Crippen LogP contribution in [0.2, 0.25) is 0 Å². The number of phenols is 1. The van der Waals surface area contributed by atoms with Crippen LogP contribution in [0.4, 0.5) is 0 Å². The lowest BCUT2D eigenvalue weighted by Gasteiger charge is -2.33. The summed E-state index contributed by atoms with van der Waals surface area (Å²) in [6, 6.07) is 2.00. The van der Waals surface area contributed by atoms with Gasteiger partial charge in [0.15, 0.2) is 5.78 Å². The van der Waals surface area contributed by atoms with E-state index in [9.17, 15) is 29.7 Å². The lowest BCUT2D eigenvalue weighted by Crippen LogP contribution is -2.33. The van der Waals surface area contributed by atoms with Gasteiger partial charge in [0.25, 0.3) is 0 Å². The highest BCUT2D eigenvalue weighted by Crippen LogP contribution is 2.43. The molecule has 32 heavy (non-hydrogen) atoms. The van der Waals surface area contributed by atoms with E-state index in [4.69, 9.17) is 0 Å². The number of Topliss-reactive ketones (excluding diaryl/α,β-unsaturated/α-hetero) is 3. The topological polar surface area (TPSA) is 112 Å². The number of carbonyl (C=O) groups is 3. The molecular weight excluding hydrogens is 408 g/mol. The zero-order valence-electron chi connectivity index (χ0n) is 20.0. The Balaban J connectivity index is 2.37. The average molecular weight is 447 g/mol. The van der Waals surface area contributed by atoms with Crippen LogP contribution in [0.1, 0.15) is 87.4 Å². The fourth-order valence-corrected chi connectivity index (χ4v) is 5.05. The molecule has 0 aromatic heterocycles. The van der Waals surface area contributed by atoms with Crippen molar-refractivity contribution in [1.82, 2.24) is 0 Å². The maximum absolute atomic E-state index is 13.2. The Morgan fingerprint density at radius 3 is 2.34 bits per heavy atom. The monoisotopic (exact) mass is 446 g/mol. The summed E-state index contributed by atoms with van der Waals surface area (Å²) in [5, 5.41) is 30.3. The van der Waals surface area contributed by atoms with Crippen LogP contribution in [0, 0.1) is 17.8 Å². The van der Waals surface area contributed by atoms with Gasteiger partial charge in [-0.25, -0.2) is 0 Å². The number of hydrogen-bond acceptors (Lipinski definition) is 6. The third-order valence-electron chi connectivity index (χ3n) is 6.67. The SMILES string of the molecule is CCc1cc(C(C)(C)C)c(O)c2c1CC(CC(CCO)C(CO)C(=O)CC(C)=O)CC2=O. The van der Waals surface area contributed by atoms with Gasteiger partial charge in [0.2, 0.25) is 0 Å². The molecule has 1 aliphatic carbocycles. The molecule has 6 nitrogen and oxygen atoms in total. The maximum Gasteiger partial charge on any atom is 0.167 e. The Bertz CT molecular complexity index is 864. The Hall–Kier alpha value is -2.05. The van der Waals surface area contributed by atoms with Crippen LogP contribution in [0.25, 0.3) is 0 Å². The summed E-state index contributed by atoms with van der Waals surface area (Å²) in [7, 11) is 0. The van der Waals surface area contributed by atoms with Gasteiger partial charge < -0.3 is 15.3 Å². The summed E-state index contributed by atoms with van der Waals surface area (Å²) in [6.07, 6.45) is 2.17. The second kappa shape index (κ2) is 10.7. The largest absolute Gasteiger partial charge is 0.507 e. The molecule has 3 N–H and O–H groups in total. The Labute approximate surface area is 191 Å². The number of rotatable bonds is 10. The molecular formula is C26H38O6. The highest BCUT2D eigenvalue weighted by molar-refractivity contribution is 6.02. The molecule has 0 radical (unpaired) electrons. The van der Waals surface area contributed by atoms with Crippen LogP contribution in [0.3, 0.4) is 0 Å². The number of fused-ring (bicyclic) bond motifs is 1. The number of benzene rings is 1. The van der Waals surface area contributed by atoms with E-state index in [2.05, 4.69) is 0 Å². The van der Waals surface area contributed by atoms with Crippen molar-refractivity contribution in [2.24, 2.45) is 17.8 Å². The van der Waals surface area contributed by atoms with Crippen molar-refractivity contribution in [3.05, 3.63) is 28.3 Å². The van der Waals surface area contributed by atoms with Crippen LogP contribution in [0.15, 0.2) is 6.07 Å². The normalized spacial score (nSPS) is 18.2. The molecule has 0 amide bonds. The predicted molar refractivity (Wildman–Crippen MR) is 123 cm³/mol. The number of phenolic OH excluding ortho intramolecular Hbond substituents is 1. The first-order chi connectivity index (χ1) is 14.9. The van der Waals surface area contributed by atoms with Crippen molar-refractivity contribution in [3.63, 3.8) is 0 Å². The van der Waals surface area contributed by atoms with Crippen molar-refractivity contribution in [1.29, 1.82) is 0 Å². The molecule has 0 saturated heterocycles. The van der Waals surface area contributed by atoms with Gasteiger partial charge in [0.1, 0.15) is 17.3 Å². The third-order valence-corrected chi connectivity index (χ3v) is 6.67. The molecule has 0 saturated carbocycles. The molecule has 0 heterocycles. The van der Waals surface area contributed by atoms with Crippen LogP contribution in [-0.4, -0.2) is 45.9 Å². The quantitative estimate of drug-likeness (QED) is 0.474. The number of aryl methyl sites for hydroxylation is 1. The Kier molecular flexibility index (Phi) is 8.77. The fourth-order valence-electron chi connectivity index (χ4n) is 5.05. The smallest absolute Gasteiger partial charge is 0.167 e. The summed E-state index contributed by atoms with van der Waals surface area (Å²) in [4.78, 5) is 37.1. The van der Waals surface area contributed by atoms with E-state index in [1.54, 1.807) is 0 Å². The minimum atomic E-state index is -0.732. The summed E-state index contributed by atoms with van der Waals surface area (Å²) in [5.41, 5.74) is 2.82. The second-order valence-corrected chi connectivity index (χ2v) is 10.2. The number of ketones is 3. The van der Waals surface area contributed by atoms with E-state index < -0.39 is 5.92 Å². The number of aromatic hydroxyl groups is 1. The number of aliphatic hydroxyl groups is 2. The van der Waals surface area contributed by atoms with E-state index in [0.29, 0.717) is 24.8 Å². The molecule has 178 valence electrons. The molecule has 1 aromatic rings. The Morgan fingerprint density at radius 1 is 1.19 bits per heavy atom. The highest BCUT2D eigenvalue weighted by Gasteiger charge is 2.36. The molecule has 1 aromatic carbocycles. The van der Waals surface area contributed by atoms with E-state index in [1.165, 1.54) is 6.92 Å². The fraction of sp³-hybridized carbons (Fsp3) is 0.654. The third kappa shape index (κ3) is 5.84. The molecule has 0 spiro atoms. The summed E-state index contributed by atoms with van der Waals surface area (Å²) < 4.78 is 0. The van der Waals surface area contributed by atoms with Crippen LogP contribution in [-0.2, 0) is 27.8 Å². The molecule has 1 aliphatic rings. The van der Waals surface area contributed by atoms with E-state index in [0.717, 1.165) is 23.1 Å². The van der Waals surface area contributed by atoms with Gasteiger partial charge in [0, 0.05) is 24.5 Å². The molecule has 0 fully saturated rings. The van der Waals surface area contributed by atoms with Gasteiger partial charge in [0.05, 0.1) is 18.6 Å². The van der Waals surface area contributed by atoms with Crippen LogP contribution < -0.4 is 0 Å². The first kappa shape index (κ1) is 26.2. The van der Waals surface area contributed by atoms with Gasteiger partial charge >= 0.3 is 0 Å². The highest BCUT2D eigenvalue weighted by atomic mass is 16.3. The van der Waals surface area contributed by atoms with Gasteiger partial charge in [-0.2, -0.15) is 0 Å². The first-order valence-corrected chi connectivity index (χ1v) is 11.6. The zero-order chi connectivity index (χ0) is 24.2.